The molecule has 2 N–H and O–H groups in total. The van der Waals surface area contributed by atoms with Crippen molar-refractivity contribution in [3.8, 4) is 0 Å². The molecule has 0 saturated heterocycles. The van der Waals surface area contributed by atoms with Gasteiger partial charge in [0.05, 0.1) is 24.4 Å². The number of hydrogen-bond donors (Lipinski definition) is 2. The largest absolute Gasteiger partial charge is 0.349 e. The van der Waals surface area contributed by atoms with Crippen LogP contribution >= 0.6 is 0 Å². The first-order chi connectivity index (χ1) is 7.24. The van der Waals surface area contributed by atoms with Crippen LogP contribution in [0.5, 0.6) is 0 Å². The van der Waals surface area contributed by atoms with Gasteiger partial charge < -0.3 is 15.5 Å². The van der Waals surface area contributed by atoms with Crippen LogP contribution < -0.4 is 5.32 Å². The normalized spacial score (nSPS) is 9.33. The van der Waals surface area contributed by atoms with Crippen molar-refractivity contribution in [2.75, 3.05) is 6.54 Å². The summed E-state index contributed by atoms with van der Waals surface area (Å²) < 4.78 is 0. The van der Waals surface area contributed by atoms with E-state index in [-0.39, 0.29) is 24.6 Å². The third kappa shape index (κ3) is 3.68. The van der Waals surface area contributed by atoms with E-state index in [1.807, 2.05) is 0 Å². The molecule has 0 unspecified atom stereocenters. The molecule has 78 valence electrons. The molecule has 5 heteroatoms. The topological polar surface area (TPSA) is 82.9 Å². The monoisotopic (exact) mass is 205 g/mol. The van der Waals surface area contributed by atoms with E-state index >= 15 is 0 Å². The number of amides is 1. The van der Waals surface area contributed by atoms with Crippen molar-refractivity contribution in [1.29, 1.82) is 5.41 Å². The lowest BCUT2D eigenvalue weighted by Crippen LogP contribution is -2.27. The lowest BCUT2D eigenvalue weighted by Gasteiger charge is -2.02. The summed E-state index contributed by atoms with van der Waals surface area (Å²) in [5, 5.41) is 9.94. The quantitative estimate of drug-likeness (QED) is 0.530. The molecule has 0 saturated carbocycles. The van der Waals surface area contributed by atoms with E-state index in [1.54, 1.807) is 24.4 Å². The minimum absolute atomic E-state index is 0.0195. The first-order valence-electron chi connectivity index (χ1n) is 4.43. The van der Waals surface area contributed by atoms with Crippen molar-refractivity contribution in [2.24, 2.45) is 0 Å². The Balaban J connectivity index is 2.49. The maximum Gasteiger partial charge on any atom is 0.226 e. The molecule has 1 aromatic heterocycles. The second-order valence-corrected chi connectivity index (χ2v) is 2.84. The summed E-state index contributed by atoms with van der Waals surface area (Å²) in [4.78, 5) is 25.1. The molecule has 0 aliphatic heterocycles. The highest BCUT2D eigenvalue weighted by atomic mass is 16.2. The van der Waals surface area contributed by atoms with Gasteiger partial charge in [0.25, 0.3) is 0 Å². The van der Waals surface area contributed by atoms with E-state index < -0.39 is 0 Å². The van der Waals surface area contributed by atoms with Crippen LogP contribution in [0.2, 0.25) is 0 Å². The highest BCUT2D eigenvalue weighted by molar-refractivity contribution is 6.07. The van der Waals surface area contributed by atoms with Gasteiger partial charge in [-0.1, -0.05) is 6.07 Å². The van der Waals surface area contributed by atoms with E-state index in [4.69, 9.17) is 5.41 Å². The second-order valence-electron chi connectivity index (χ2n) is 2.84. The number of aromatic nitrogens is 1. The molecule has 0 aliphatic carbocycles. The van der Waals surface area contributed by atoms with Crippen LogP contribution in [0.1, 0.15) is 12.1 Å². The van der Waals surface area contributed by atoms with Crippen molar-refractivity contribution in [2.45, 2.75) is 6.42 Å². The number of rotatable bonds is 5. The highest BCUT2D eigenvalue weighted by Gasteiger charge is 2.07. The van der Waals surface area contributed by atoms with Crippen LogP contribution in [0.4, 0.5) is 0 Å². The first kappa shape index (κ1) is 11.0. The molecule has 0 fully saturated rings. The SMILES string of the molecule is N=C(CC(=O)NCC=O)c1ccccn1. The number of aldehydes is 1. The molecular weight excluding hydrogens is 194 g/mol. The number of nitrogens with zero attached hydrogens (tertiary/aromatic N) is 1. The lowest BCUT2D eigenvalue weighted by atomic mass is 10.2. The average molecular weight is 205 g/mol. The van der Waals surface area contributed by atoms with E-state index in [9.17, 15) is 9.59 Å². The first-order valence-corrected chi connectivity index (χ1v) is 4.43. The smallest absolute Gasteiger partial charge is 0.226 e. The third-order valence-corrected chi connectivity index (χ3v) is 1.69. The Kier molecular flexibility index (Phi) is 4.15. The fourth-order valence-corrected chi connectivity index (χ4v) is 1.01. The zero-order valence-corrected chi connectivity index (χ0v) is 8.06. The summed E-state index contributed by atoms with van der Waals surface area (Å²) in [5.74, 6) is -0.349. The van der Waals surface area contributed by atoms with Crippen molar-refractivity contribution in [1.82, 2.24) is 10.3 Å². The van der Waals surface area contributed by atoms with E-state index in [2.05, 4.69) is 10.3 Å². The number of carbonyl (C=O) groups excluding carboxylic acids is 2. The molecule has 1 heterocycles. The Morgan fingerprint density at radius 2 is 2.33 bits per heavy atom. The van der Waals surface area contributed by atoms with Gasteiger partial charge in [-0.05, 0) is 12.1 Å². The maximum absolute atomic E-state index is 11.1. The summed E-state index contributed by atoms with van der Waals surface area (Å²) in [6.07, 6.45) is 2.10. The fourth-order valence-electron chi connectivity index (χ4n) is 1.01. The average Bonchev–Trinajstić information content (AvgIpc) is 2.27. The van der Waals surface area contributed by atoms with Gasteiger partial charge in [-0.2, -0.15) is 0 Å². The summed E-state index contributed by atoms with van der Waals surface area (Å²) in [6, 6.07) is 5.15. The van der Waals surface area contributed by atoms with Crippen molar-refractivity contribution in [3.05, 3.63) is 30.1 Å². The van der Waals surface area contributed by atoms with Crippen LogP contribution in [0, 0.1) is 5.41 Å². The summed E-state index contributed by atoms with van der Waals surface area (Å²) in [5.41, 5.74) is 0.609. The molecule has 5 nitrogen and oxygen atoms in total. The van der Waals surface area contributed by atoms with Crippen molar-refractivity contribution < 1.29 is 9.59 Å². The third-order valence-electron chi connectivity index (χ3n) is 1.69. The highest BCUT2D eigenvalue weighted by Crippen LogP contribution is 1.98. The van der Waals surface area contributed by atoms with E-state index in [0.717, 1.165) is 0 Å². The Morgan fingerprint density at radius 1 is 1.53 bits per heavy atom. The molecule has 0 radical (unpaired) electrons. The summed E-state index contributed by atoms with van der Waals surface area (Å²) in [7, 11) is 0. The minimum atomic E-state index is -0.349. The van der Waals surface area contributed by atoms with Crippen LogP contribution in [-0.4, -0.2) is 29.4 Å². The van der Waals surface area contributed by atoms with Crippen LogP contribution in [0.25, 0.3) is 0 Å². The standard InChI is InChI=1S/C10H11N3O2/c11-8(7-10(15)13-5-6-14)9-3-1-2-4-12-9/h1-4,6,11H,5,7H2,(H,13,15). The Morgan fingerprint density at radius 3 is 2.93 bits per heavy atom. The summed E-state index contributed by atoms with van der Waals surface area (Å²) >= 11 is 0. The summed E-state index contributed by atoms with van der Waals surface area (Å²) in [6.45, 7) is -0.0195. The van der Waals surface area contributed by atoms with Gasteiger partial charge in [-0.3, -0.25) is 9.78 Å². The number of hydrogen-bond acceptors (Lipinski definition) is 4. The fraction of sp³-hybridized carbons (Fsp3) is 0.200. The maximum atomic E-state index is 11.1. The molecule has 1 amide bonds. The Labute approximate surface area is 87.0 Å². The molecule has 0 bridgehead atoms. The van der Waals surface area contributed by atoms with Crippen LogP contribution in [0.15, 0.2) is 24.4 Å². The molecule has 1 rings (SSSR count). The van der Waals surface area contributed by atoms with Gasteiger partial charge in [-0.15, -0.1) is 0 Å². The zero-order valence-electron chi connectivity index (χ0n) is 8.06. The number of pyridine rings is 1. The van der Waals surface area contributed by atoms with Gasteiger partial charge in [0.2, 0.25) is 5.91 Å². The Bertz CT molecular complexity index is 362. The molecule has 0 spiro atoms. The zero-order chi connectivity index (χ0) is 11.1. The van der Waals surface area contributed by atoms with Gasteiger partial charge in [-0.25, -0.2) is 0 Å². The van der Waals surface area contributed by atoms with Gasteiger partial charge in [0.15, 0.2) is 0 Å². The van der Waals surface area contributed by atoms with Crippen LogP contribution in [-0.2, 0) is 9.59 Å². The predicted molar refractivity (Wildman–Crippen MR) is 54.8 cm³/mol. The molecule has 0 aliphatic rings. The minimum Gasteiger partial charge on any atom is -0.349 e. The van der Waals surface area contributed by atoms with Gasteiger partial charge >= 0.3 is 0 Å². The molecule has 0 aromatic carbocycles. The lowest BCUT2D eigenvalue weighted by molar-refractivity contribution is -0.121. The predicted octanol–water partition coefficient (Wildman–Crippen LogP) is 0.155. The van der Waals surface area contributed by atoms with Crippen LogP contribution in [0.3, 0.4) is 0 Å². The Hall–Kier alpha value is -2.04. The second kappa shape index (κ2) is 5.64. The molecule has 0 atom stereocenters. The van der Waals surface area contributed by atoms with Gasteiger partial charge in [0, 0.05) is 6.20 Å². The van der Waals surface area contributed by atoms with Crippen molar-refractivity contribution >= 4 is 17.9 Å². The van der Waals surface area contributed by atoms with Gasteiger partial charge in [0.1, 0.15) is 6.29 Å². The van der Waals surface area contributed by atoms with E-state index in [0.29, 0.717) is 12.0 Å². The molecule has 15 heavy (non-hydrogen) atoms. The van der Waals surface area contributed by atoms with Crippen molar-refractivity contribution in [3.63, 3.8) is 0 Å². The molecule has 1 aromatic rings. The number of nitrogens with one attached hydrogen (secondary N) is 2. The van der Waals surface area contributed by atoms with E-state index in [1.165, 1.54) is 0 Å². The number of carbonyl (C=O) groups is 2. The molecular formula is C10H11N3O2.